The molecular formula is C14H15ClN4O. The van der Waals surface area contributed by atoms with Crippen molar-refractivity contribution in [3.63, 3.8) is 0 Å². The van der Waals surface area contributed by atoms with E-state index in [-0.39, 0.29) is 12.5 Å². The SMILES string of the molecule is Cc1ccc(Cl)cc1NC(=O)CNCc1ccncn1. The number of aromatic nitrogens is 2. The number of hydrogen-bond acceptors (Lipinski definition) is 4. The Morgan fingerprint density at radius 2 is 2.20 bits per heavy atom. The van der Waals surface area contributed by atoms with Crippen LogP contribution in [0.25, 0.3) is 0 Å². The molecule has 5 nitrogen and oxygen atoms in total. The Hall–Kier alpha value is -1.98. The van der Waals surface area contributed by atoms with Gasteiger partial charge in [0.05, 0.1) is 12.2 Å². The lowest BCUT2D eigenvalue weighted by Crippen LogP contribution is -2.28. The number of nitrogens with zero attached hydrogens (tertiary/aromatic N) is 2. The molecule has 104 valence electrons. The van der Waals surface area contributed by atoms with E-state index in [1.165, 1.54) is 6.33 Å². The van der Waals surface area contributed by atoms with E-state index < -0.39 is 0 Å². The summed E-state index contributed by atoms with van der Waals surface area (Å²) >= 11 is 5.90. The molecule has 0 fully saturated rings. The lowest BCUT2D eigenvalue weighted by Gasteiger charge is -2.09. The Kier molecular flexibility index (Phi) is 5.03. The van der Waals surface area contributed by atoms with Crippen molar-refractivity contribution in [3.05, 3.63) is 53.1 Å². The second-order valence-electron chi connectivity index (χ2n) is 4.31. The van der Waals surface area contributed by atoms with Crippen LogP contribution in [-0.2, 0) is 11.3 Å². The molecule has 0 aliphatic rings. The van der Waals surface area contributed by atoms with Gasteiger partial charge < -0.3 is 10.6 Å². The molecule has 0 aliphatic carbocycles. The molecule has 2 rings (SSSR count). The molecule has 6 heteroatoms. The van der Waals surface area contributed by atoms with Gasteiger partial charge in [0.25, 0.3) is 0 Å². The number of anilines is 1. The van der Waals surface area contributed by atoms with Crippen molar-refractivity contribution in [2.24, 2.45) is 0 Å². The smallest absolute Gasteiger partial charge is 0.238 e. The second-order valence-corrected chi connectivity index (χ2v) is 4.75. The number of amides is 1. The molecule has 0 saturated heterocycles. The van der Waals surface area contributed by atoms with Crippen molar-refractivity contribution in [1.29, 1.82) is 0 Å². The third-order valence-electron chi connectivity index (χ3n) is 2.71. The highest BCUT2D eigenvalue weighted by atomic mass is 35.5. The van der Waals surface area contributed by atoms with Crippen LogP contribution in [0.3, 0.4) is 0 Å². The minimum atomic E-state index is -0.121. The fourth-order valence-corrected chi connectivity index (χ4v) is 1.82. The maximum atomic E-state index is 11.8. The minimum absolute atomic E-state index is 0.121. The van der Waals surface area contributed by atoms with Crippen LogP contribution in [0.1, 0.15) is 11.3 Å². The first kappa shape index (κ1) is 14.4. The number of halogens is 1. The maximum absolute atomic E-state index is 11.8. The molecule has 1 aromatic carbocycles. The fraction of sp³-hybridized carbons (Fsp3) is 0.214. The molecule has 0 atom stereocenters. The van der Waals surface area contributed by atoms with Gasteiger partial charge in [0.2, 0.25) is 5.91 Å². The third kappa shape index (κ3) is 4.29. The van der Waals surface area contributed by atoms with Gasteiger partial charge in [0.15, 0.2) is 0 Å². The number of carbonyl (C=O) groups is 1. The summed E-state index contributed by atoms with van der Waals surface area (Å²) in [5.74, 6) is -0.121. The van der Waals surface area contributed by atoms with E-state index in [0.717, 1.165) is 16.9 Å². The Morgan fingerprint density at radius 3 is 2.95 bits per heavy atom. The standard InChI is InChI=1S/C14H15ClN4O/c1-10-2-3-11(15)6-13(10)19-14(20)8-17-7-12-4-5-16-9-18-12/h2-6,9,17H,7-8H2,1H3,(H,19,20). The highest BCUT2D eigenvalue weighted by Gasteiger charge is 2.05. The largest absolute Gasteiger partial charge is 0.325 e. The van der Waals surface area contributed by atoms with Gasteiger partial charge in [-0.1, -0.05) is 17.7 Å². The van der Waals surface area contributed by atoms with Crippen LogP contribution in [0.2, 0.25) is 5.02 Å². The maximum Gasteiger partial charge on any atom is 0.238 e. The van der Waals surface area contributed by atoms with Crippen molar-refractivity contribution in [2.75, 3.05) is 11.9 Å². The fourth-order valence-electron chi connectivity index (χ4n) is 1.65. The van der Waals surface area contributed by atoms with Crippen LogP contribution < -0.4 is 10.6 Å². The van der Waals surface area contributed by atoms with Gasteiger partial charge in [0.1, 0.15) is 6.33 Å². The van der Waals surface area contributed by atoms with Gasteiger partial charge in [-0.3, -0.25) is 4.79 Å². The number of aryl methyl sites for hydroxylation is 1. The van der Waals surface area contributed by atoms with Crippen molar-refractivity contribution in [2.45, 2.75) is 13.5 Å². The van der Waals surface area contributed by atoms with Crippen molar-refractivity contribution in [1.82, 2.24) is 15.3 Å². The van der Waals surface area contributed by atoms with E-state index in [9.17, 15) is 4.79 Å². The van der Waals surface area contributed by atoms with Gasteiger partial charge in [-0.05, 0) is 30.7 Å². The molecule has 20 heavy (non-hydrogen) atoms. The summed E-state index contributed by atoms with van der Waals surface area (Å²) < 4.78 is 0. The molecule has 0 radical (unpaired) electrons. The van der Waals surface area contributed by atoms with Crippen LogP contribution in [0.15, 0.2) is 36.8 Å². The molecule has 0 saturated carbocycles. The van der Waals surface area contributed by atoms with Crippen molar-refractivity contribution >= 4 is 23.2 Å². The summed E-state index contributed by atoms with van der Waals surface area (Å²) in [6.07, 6.45) is 3.14. The monoisotopic (exact) mass is 290 g/mol. The highest BCUT2D eigenvalue weighted by molar-refractivity contribution is 6.31. The number of hydrogen-bond donors (Lipinski definition) is 2. The molecule has 1 aromatic heterocycles. The molecule has 2 N–H and O–H groups in total. The van der Waals surface area contributed by atoms with E-state index in [4.69, 9.17) is 11.6 Å². The zero-order chi connectivity index (χ0) is 14.4. The van der Waals surface area contributed by atoms with E-state index in [1.807, 2.05) is 13.0 Å². The van der Waals surface area contributed by atoms with Gasteiger partial charge in [-0.2, -0.15) is 0 Å². The van der Waals surface area contributed by atoms with Gasteiger partial charge in [0, 0.05) is 23.5 Å². The number of benzene rings is 1. The van der Waals surface area contributed by atoms with Gasteiger partial charge >= 0.3 is 0 Å². The summed E-state index contributed by atoms with van der Waals surface area (Å²) in [6.45, 7) is 2.64. The number of nitrogens with one attached hydrogen (secondary N) is 2. The lowest BCUT2D eigenvalue weighted by molar-refractivity contribution is -0.115. The first-order valence-corrected chi connectivity index (χ1v) is 6.54. The van der Waals surface area contributed by atoms with E-state index in [1.54, 1.807) is 24.4 Å². The van der Waals surface area contributed by atoms with E-state index >= 15 is 0 Å². The van der Waals surface area contributed by atoms with Crippen LogP contribution in [0.4, 0.5) is 5.69 Å². The highest BCUT2D eigenvalue weighted by Crippen LogP contribution is 2.19. The Labute approximate surface area is 122 Å². The van der Waals surface area contributed by atoms with Crippen LogP contribution in [0.5, 0.6) is 0 Å². The molecule has 2 aromatic rings. The van der Waals surface area contributed by atoms with E-state index in [0.29, 0.717) is 11.6 Å². The average molecular weight is 291 g/mol. The Morgan fingerprint density at radius 1 is 1.35 bits per heavy atom. The third-order valence-corrected chi connectivity index (χ3v) is 2.94. The van der Waals surface area contributed by atoms with Crippen LogP contribution >= 0.6 is 11.6 Å². The summed E-state index contributed by atoms with van der Waals surface area (Å²) in [7, 11) is 0. The number of rotatable bonds is 5. The zero-order valence-electron chi connectivity index (χ0n) is 11.1. The lowest BCUT2D eigenvalue weighted by atomic mass is 10.2. The Balaban J connectivity index is 1.82. The topological polar surface area (TPSA) is 66.9 Å². The predicted octanol–water partition coefficient (Wildman–Crippen LogP) is 2.17. The molecule has 0 spiro atoms. The molecule has 0 bridgehead atoms. The molecule has 1 amide bonds. The number of carbonyl (C=O) groups excluding carboxylic acids is 1. The zero-order valence-corrected chi connectivity index (χ0v) is 11.8. The first-order chi connectivity index (χ1) is 9.65. The van der Waals surface area contributed by atoms with Crippen LogP contribution in [-0.4, -0.2) is 22.4 Å². The van der Waals surface area contributed by atoms with Crippen molar-refractivity contribution < 1.29 is 4.79 Å². The summed E-state index contributed by atoms with van der Waals surface area (Å²) in [6, 6.07) is 7.19. The second kappa shape index (κ2) is 6.98. The van der Waals surface area contributed by atoms with E-state index in [2.05, 4.69) is 20.6 Å². The minimum Gasteiger partial charge on any atom is -0.325 e. The quantitative estimate of drug-likeness (QED) is 0.885. The summed E-state index contributed by atoms with van der Waals surface area (Å²) in [5.41, 5.74) is 2.54. The molecular weight excluding hydrogens is 276 g/mol. The first-order valence-electron chi connectivity index (χ1n) is 6.17. The predicted molar refractivity (Wildman–Crippen MR) is 78.6 cm³/mol. The molecule has 0 aliphatic heterocycles. The summed E-state index contributed by atoms with van der Waals surface area (Å²) in [4.78, 5) is 19.7. The average Bonchev–Trinajstić information content (AvgIpc) is 2.44. The summed E-state index contributed by atoms with van der Waals surface area (Å²) in [5, 5.41) is 6.44. The Bertz CT molecular complexity index is 589. The van der Waals surface area contributed by atoms with Crippen molar-refractivity contribution in [3.8, 4) is 0 Å². The molecule has 0 unspecified atom stereocenters. The van der Waals surface area contributed by atoms with Gasteiger partial charge in [-0.25, -0.2) is 9.97 Å². The normalized spacial score (nSPS) is 10.3. The van der Waals surface area contributed by atoms with Crippen LogP contribution in [0, 0.1) is 6.92 Å². The van der Waals surface area contributed by atoms with Gasteiger partial charge in [-0.15, -0.1) is 0 Å². The molecule has 1 heterocycles.